The molecule has 5 heteroatoms. The van der Waals surface area contributed by atoms with Gasteiger partial charge in [0.2, 0.25) is 0 Å². The maximum Gasteiger partial charge on any atom is 0.250 e. The van der Waals surface area contributed by atoms with Gasteiger partial charge in [0.15, 0.2) is 11.5 Å². The number of nitrogens with two attached hydrogens (primary N) is 1. The molecule has 3 rings (SSSR count). The molecule has 1 atom stereocenters. The number of aromatic nitrogens is 1. The van der Waals surface area contributed by atoms with Gasteiger partial charge in [-0.25, -0.2) is 0 Å². The Bertz CT molecular complexity index is 666. The Morgan fingerprint density at radius 3 is 2.75 bits per heavy atom. The molecule has 0 amide bonds. The van der Waals surface area contributed by atoms with Gasteiger partial charge in [-0.15, -0.1) is 0 Å². The molecule has 1 aliphatic heterocycles. The van der Waals surface area contributed by atoms with E-state index >= 15 is 0 Å². The first-order valence-corrected chi connectivity index (χ1v) is 6.54. The van der Waals surface area contributed by atoms with E-state index in [0.29, 0.717) is 25.5 Å². The summed E-state index contributed by atoms with van der Waals surface area (Å²) in [6.07, 6.45) is 1.74. The summed E-state index contributed by atoms with van der Waals surface area (Å²) in [5.74, 6) is 1.45. The largest absolute Gasteiger partial charge is 0.486 e. The lowest BCUT2D eigenvalue weighted by Gasteiger charge is -2.20. The molecular weight excluding hydrogens is 256 g/mol. The van der Waals surface area contributed by atoms with Crippen LogP contribution in [0.2, 0.25) is 0 Å². The molecule has 20 heavy (non-hydrogen) atoms. The van der Waals surface area contributed by atoms with Gasteiger partial charge in [-0.2, -0.15) is 0 Å². The van der Waals surface area contributed by atoms with E-state index in [1.54, 1.807) is 16.8 Å². The average molecular weight is 272 g/mol. The van der Waals surface area contributed by atoms with Crippen molar-refractivity contribution in [3.8, 4) is 11.5 Å². The van der Waals surface area contributed by atoms with Crippen molar-refractivity contribution in [2.45, 2.75) is 12.6 Å². The fourth-order valence-electron chi connectivity index (χ4n) is 2.22. The minimum Gasteiger partial charge on any atom is -0.486 e. The van der Waals surface area contributed by atoms with Gasteiger partial charge in [0, 0.05) is 24.8 Å². The molecule has 0 fully saturated rings. The van der Waals surface area contributed by atoms with Gasteiger partial charge < -0.3 is 19.8 Å². The van der Waals surface area contributed by atoms with Gasteiger partial charge in [-0.1, -0.05) is 12.1 Å². The Hall–Kier alpha value is -2.27. The number of hydrogen-bond acceptors (Lipinski definition) is 4. The summed E-state index contributed by atoms with van der Waals surface area (Å²) in [5.41, 5.74) is 7.04. The number of rotatable bonds is 3. The van der Waals surface area contributed by atoms with Crippen LogP contribution in [0.15, 0.2) is 47.4 Å². The van der Waals surface area contributed by atoms with Gasteiger partial charge in [-0.05, 0) is 23.8 Å². The Morgan fingerprint density at radius 1 is 1.15 bits per heavy atom. The van der Waals surface area contributed by atoms with Crippen LogP contribution in [0.1, 0.15) is 11.6 Å². The molecule has 5 nitrogen and oxygen atoms in total. The van der Waals surface area contributed by atoms with Gasteiger partial charge in [-0.3, -0.25) is 4.79 Å². The van der Waals surface area contributed by atoms with Crippen LogP contribution < -0.4 is 20.8 Å². The Balaban J connectivity index is 1.82. The minimum atomic E-state index is -0.272. The fourth-order valence-corrected chi connectivity index (χ4v) is 2.22. The van der Waals surface area contributed by atoms with Crippen molar-refractivity contribution in [3.05, 3.63) is 58.5 Å². The summed E-state index contributed by atoms with van der Waals surface area (Å²) >= 11 is 0. The molecule has 0 saturated heterocycles. The SMILES string of the molecule is NC(Cn1ccccc1=O)c1ccc2c(c1)OCCO2. The zero-order chi connectivity index (χ0) is 13.9. The van der Waals surface area contributed by atoms with E-state index in [1.807, 2.05) is 24.3 Å². The molecule has 0 spiro atoms. The molecule has 1 unspecified atom stereocenters. The van der Waals surface area contributed by atoms with E-state index in [4.69, 9.17) is 15.2 Å². The molecular formula is C15H16N2O3. The summed E-state index contributed by atoms with van der Waals surface area (Å²) in [6, 6.07) is 10.4. The number of pyridine rings is 1. The first kappa shape index (κ1) is 12.7. The Kier molecular flexibility index (Phi) is 3.43. The molecule has 0 radical (unpaired) electrons. The normalized spacial score (nSPS) is 14.8. The van der Waals surface area contributed by atoms with E-state index in [0.717, 1.165) is 11.3 Å². The third-order valence-corrected chi connectivity index (χ3v) is 3.29. The van der Waals surface area contributed by atoms with Crippen molar-refractivity contribution < 1.29 is 9.47 Å². The summed E-state index contributed by atoms with van der Waals surface area (Å²) < 4.78 is 12.6. The van der Waals surface area contributed by atoms with Crippen molar-refractivity contribution >= 4 is 0 Å². The second-order valence-electron chi connectivity index (χ2n) is 4.70. The number of hydrogen-bond donors (Lipinski definition) is 1. The maximum absolute atomic E-state index is 11.7. The highest BCUT2D eigenvalue weighted by molar-refractivity contribution is 5.44. The summed E-state index contributed by atoms with van der Waals surface area (Å²) in [7, 11) is 0. The third kappa shape index (κ3) is 2.53. The van der Waals surface area contributed by atoms with Crippen LogP contribution in [0.4, 0.5) is 0 Å². The second-order valence-corrected chi connectivity index (χ2v) is 4.70. The molecule has 0 saturated carbocycles. The zero-order valence-corrected chi connectivity index (χ0v) is 11.0. The predicted molar refractivity (Wildman–Crippen MR) is 75.1 cm³/mol. The summed E-state index contributed by atoms with van der Waals surface area (Å²) in [5, 5.41) is 0. The van der Waals surface area contributed by atoms with Crippen molar-refractivity contribution in [2.24, 2.45) is 5.73 Å². The number of nitrogens with zero attached hydrogens (tertiary/aromatic N) is 1. The van der Waals surface area contributed by atoms with Crippen LogP contribution in [-0.2, 0) is 6.54 Å². The second kappa shape index (κ2) is 5.38. The molecule has 1 aromatic carbocycles. The quantitative estimate of drug-likeness (QED) is 0.915. The summed E-state index contributed by atoms with van der Waals surface area (Å²) in [4.78, 5) is 11.7. The van der Waals surface area contributed by atoms with Crippen molar-refractivity contribution in [1.82, 2.24) is 4.57 Å². The third-order valence-electron chi connectivity index (χ3n) is 3.29. The Labute approximate surface area is 116 Å². The van der Waals surface area contributed by atoms with Gasteiger partial charge in [0.25, 0.3) is 5.56 Å². The van der Waals surface area contributed by atoms with E-state index in [1.165, 1.54) is 6.07 Å². The smallest absolute Gasteiger partial charge is 0.250 e. The van der Waals surface area contributed by atoms with Gasteiger partial charge >= 0.3 is 0 Å². The van der Waals surface area contributed by atoms with E-state index < -0.39 is 0 Å². The van der Waals surface area contributed by atoms with Crippen molar-refractivity contribution in [1.29, 1.82) is 0 Å². The fraction of sp³-hybridized carbons (Fsp3) is 0.267. The first-order valence-electron chi connectivity index (χ1n) is 6.54. The highest BCUT2D eigenvalue weighted by atomic mass is 16.6. The molecule has 2 aromatic rings. The molecule has 2 heterocycles. The molecule has 2 N–H and O–H groups in total. The number of benzene rings is 1. The molecule has 1 aromatic heterocycles. The summed E-state index contributed by atoms with van der Waals surface area (Å²) in [6.45, 7) is 1.54. The number of ether oxygens (including phenoxy) is 2. The number of fused-ring (bicyclic) bond motifs is 1. The molecule has 104 valence electrons. The van der Waals surface area contributed by atoms with Crippen LogP contribution in [0.3, 0.4) is 0 Å². The van der Waals surface area contributed by atoms with Gasteiger partial charge in [0.1, 0.15) is 13.2 Å². The lowest BCUT2D eigenvalue weighted by atomic mass is 10.1. The van der Waals surface area contributed by atoms with Crippen LogP contribution in [-0.4, -0.2) is 17.8 Å². The van der Waals surface area contributed by atoms with Crippen LogP contribution in [0.5, 0.6) is 11.5 Å². The maximum atomic E-state index is 11.7. The zero-order valence-electron chi connectivity index (χ0n) is 11.0. The van der Waals surface area contributed by atoms with Crippen LogP contribution in [0, 0.1) is 0 Å². The standard InChI is InChI=1S/C15H16N2O3/c16-12(10-17-6-2-1-3-15(17)18)11-4-5-13-14(9-11)20-8-7-19-13/h1-6,9,12H,7-8,10,16H2. The molecule has 1 aliphatic rings. The highest BCUT2D eigenvalue weighted by Crippen LogP contribution is 2.32. The van der Waals surface area contributed by atoms with Crippen molar-refractivity contribution in [2.75, 3.05) is 13.2 Å². The van der Waals surface area contributed by atoms with Crippen LogP contribution in [0.25, 0.3) is 0 Å². The average Bonchev–Trinajstić information content (AvgIpc) is 2.49. The van der Waals surface area contributed by atoms with E-state index in [9.17, 15) is 4.79 Å². The molecule has 0 bridgehead atoms. The van der Waals surface area contributed by atoms with Gasteiger partial charge in [0.05, 0.1) is 0 Å². The van der Waals surface area contributed by atoms with E-state index in [-0.39, 0.29) is 11.6 Å². The first-order chi connectivity index (χ1) is 9.74. The highest BCUT2D eigenvalue weighted by Gasteiger charge is 2.15. The lowest BCUT2D eigenvalue weighted by molar-refractivity contribution is 0.171. The topological polar surface area (TPSA) is 66.5 Å². The monoisotopic (exact) mass is 272 g/mol. The molecule has 0 aliphatic carbocycles. The predicted octanol–water partition coefficient (Wildman–Crippen LogP) is 1.32. The van der Waals surface area contributed by atoms with Crippen LogP contribution >= 0.6 is 0 Å². The minimum absolute atomic E-state index is 0.0551. The van der Waals surface area contributed by atoms with E-state index in [2.05, 4.69) is 0 Å². The Morgan fingerprint density at radius 2 is 1.95 bits per heavy atom. The van der Waals surface area contributed by atoms with Crippen molar-refractivity contribution in [3.63, 3.8) is 0 Å². The lowest BCUT2D eigenvalue weighted by Crippen LogP contribution is -2.25.